The van der Waals surface area contributed by atoms with Gasteiger partial charge in [0.1, 0.15) is 12.2 Å². The molecule has 0 aromatic heterocycles. The Bertz CT molecular complexity index is 1280. The second-order valence-corrected chi connectivity index (χ2v) is 10.5. The molecule has 4 unspecified atom stereocenters. The second kappa shape index (κ2) is 8.00. The van der Waals surface area contributed by atoms with E-state index in [-0.39, 0.29) is 0 Å². The van der Waals surface area contributed by atoms with Gasteiger partial charge in [0.2, 0.25) is 0 Å². The standard InChI is InChI=1S/C26H18Cl4O3/c27-21-11-9-19(15-5-1-3-7-17(15)21)23(25(29)13-31-25)33-24(26(30)14-32-26)20-10-12-22(28)18-8-4-2-6-16(18)20/h1-12,23-24H,13-14H2. The molecule has 33 heavy (non-hydrogen) atoms. The fourth-order valence-electron chi connectivity index (χ4n) is 4.42. The van der Waals surface area contributed by atoms with Crippen molar-refractivity contribution in [2.75, 3.05) is 13.2 Å². The van der Waals surface area contributed by atoms with Gasteiger partial charge in [0.05, 0.1) is 13.2 Å². The monoisotopic (exact) mass is 518 g/mol. The van der Waals surface area contributed by atoms with Crippen LogP contribution in [0.4, 0.5) is 0 Å². The highest BCUT2D eigenvalue weighted by molar-refractivity contribution is 6.36. The molecule has 2 aliphatic heterocycles. The van der Waals surface area contributed by atoms with Crippen molar-refractivity contribution in [2.45, 2.75) is 22.3 Å². The highest BCUT2D eigenvalue weighted by Crippen LogP contribution is 2.55. The van der Waals surface area contributed by atoms with Gasteiger partial charge >= 0.3 is 0 Å². The molecular weight excluding hydrogens is 502 g/mol. The maximum absolute atomic E-state index is 6.85. The van der Waals surface area contributed by atoms with Gasteiger partial charge in [0, 0.05) is 20.8 Å². The fourth-order valence-corrected chi connectivity index (χ4v) is 5.32. The summed E-state index contributed by atoms with van der Waals surface area (Å²) in [5, 5.41) is 3.06. The Hall–Kier alpha value is -1.56. The van der Waals surface area contributed by atoms with Gasteiger partial charge in [-0.15, -0.1) is 0 Å². The summed E-state index contributed by atoms with van der Waals surface area (Å²) in [6, 6.07) is 23.4. The van der Waals surface area contributed by atoms with Gasteiger partial charge < -0.3 is 14.2 Å². The number of hydrogen-bond donors (Lipinski definition) is 0. The van der Waals surface area contributed by atoms with Crippen molar-refractivity contribution in [2.24, 2.45) is 0 Å². The first-order valence-electron chi connectivity index (χ1n) is 10.6. The zero-order chi connectivity index (χ0) is 22.8. The Morgan fingerprint density at radius 2 is 0.970 bits per heavy atom. The van der Waals surface area contributed by atoms with Crippen LogP contribution in [0.15, 0.2) is 72.8 Å². The van der Waals surface area contributed by atoms with E-state index in [0.717, 1.165) is 32.7 Å². The normalized spacial score (nSPS) is 25.8. The van der Waals surface area contributed by atoms with E-state index in [1.54, 1.807) is 0 Å². The molecule has 0 bridgehead atoms. The van der Waals surface area contributed by atoms with E-state index in [2.05, 4.69) is 0 Å². The van der Waals surface area contributed by atoms with Crippen LogP contribution in [-0.4, -0.2) is 23.3 Å². The van der Waals surface area contributed by atoms with Gasteiger partial charge in [-0.3, -0.25) is 0 Å². The summed E-state index contributed by atoms with van der Waals surface area (Å²) in [5.41, 5.74) is 1.76. The third-order valence-corrected chi connectivity index (χ3v) is 7.76. The molecule has 0 saturated carbocycles. The zero-order valence-electron chi connectivity index (χ0n) is 17.2. The molecule has 6 rings (SSSR count). The van der Waals surface area contributed by atoms with Crippen molar-refractivity contribution >= 4 is 67.9 Å². The van der Waals surface area contributed by atoms with E-state index >= 15 is 0 Å². The van der Waals surface area contributed by atoms with Crippen LogP contribution in [0.5, 0.6) is 0 Å². The van der Waals surface area contributed by atoms with Crippen LogP contribution < -0.4 is 0 Å². The summed E-state index contributed by atoms with van der Waals surface area (Å²) < 4.78 is 18.1. The predicted octanol–water partition coefficient (Wildman–Crippen LogP) is 8.03. The van der Waals surface area contributed by atoms with Crippen molar-refractivity contribution in [1.29, 1.82) is 0 Å². The first-order chi connectivity index (χ1) is 15.9. The molecule has 4 aromatic rings. The van der Waals surface area contributed by atoms with E-state index in [4.69, 9.17) is 60.6 Å². The summed E-state index contributed by atoms with van der Waals surface area (Å²) in [5.74, 6) is 0. The number of halogens is 4. The molecule has 0 spiro atoms. The van der Waals surface area contributed by atoms with Gasteiger partial charge in [-0.05, 0) is 34.0 Å². The molecule has 0 amide bonds. The van der Waals surface area contributed by atoms with Crippen LogP contribution in [-0.2, 0) is 14.2 Å². The molecule has 0 aliphatic carbocycles. The fraction of sp³-hybridized carbons (Fsp3) is 0.231. The van der Waals surface area contributed by atoms with E-state index in [9.17, 15) is 0 Å². The minimum absolute atomic E-state index is 0.362. The first kappa shape index (κ1) is 21.9. The van der Waals surface area contributed by atoms with Crippen molar-refractivity contribution < 1.29 is 14.2 Å². The summed E-state index contributed by atoms with van der Waals surface area (Å²) in [4.78, 5) is 0. The molecule has 2 heterocycles. The molecule has 4 aromatic carbocycles. The first-order valence-corrected chi connectivity index (χ1v) is 12.1. The summed E-state index contributed by atoms with van der Waals surface area (Å²) >= 11 is 26.6. The highest BCUT2D eigenvalue weighted by atomic mass is 35.5. The molecule has 2 aliphatic rings. The molecular formula is C26H18Cl4O3. The lowest BCUT2D eigenvalue weighted by Gasteiger charge is -2.30. The topological polar surface area (TPSA) is 34.3 Å². The van der Waals surface area contributed by atoms with Crippen molar-refractivity contribution in [1.82, 2.24) is 0 Å². The molecule has 0 N–H and O–H groups in total. The van der Waals surface area contributed by atoms with Crippen LogP contribution in [0.1, 0.15) is 23.3 Å². The quantitative estimate of drug-likeness (QED) is 0.191. The Morgan fingerprint density at radius 1 is 0.606 bits per heavy atom. The van der Waals surface area contributed by atoms with Crippen molar-refractivity contribution in [3.05, 3.63) is 94.0 Å². The number of benzene rings is 4. The largest absolute Gasteiger partial charge is 0.357 e. The zero-order valence-corrected chi connectivity index (χ0v) is 20.3. The molecule has 3 nitrogen and oxygen atoms in total. The molecule has 2 saturated heterocycles. The summed E-state index contributed by atoms with van der Waals surface area (Å²) in [7, 11) is 0. The van der Waals surface area contributed by atoms with E-state index in [0.29, 0.717) is 23.3 Å². The number of rotatable bonds is 6. The lowest BCUT2D eigenvalue weighted by atomic mass is 9.96. The van der Waals surface area contributed by atoms with E-state index in [1.807, 2.05) is 72.8 Å². The van der Waals surface area contributed by atoms with Gasteiger partial charge in [-0.1, -0.05) is 107 Å². The SMILES string of the molecule is Clc1ccc(C(OC(c2ccc(Cl)c3ccccc23)C2(Cl)CO2)C2(Cl)CO2)c2ccccc12. The highest BCUT2D eigenvalue weighted by Gasteiger charge is 2.58. The average molecular weight is 520 g/mol. The maximum Gasteiger partial charge on any atom is 0.195 e. The Labute approximate surface area is 211 Å². The average Bonchev–Trinajstić information content (AvgIpc) is 3.76. The van der Waals surface area contributed by atoms with Gasteiger partial charge in [0.15, 0.2) is 10.1 Å². The van der Waals surface area contributed by atoms with Crippen LogP contribution in [0.3, 0.4) is 0 Å². The molecule has 2 fully saturated rings. The summed E-state index contributed by atoms with van der Waals surface area (Å²) in [6.45, 7) is 0.723. The predicted molar refractivity (Wildman–Crippen MR) is 134 cm³/mol. The number of alkyl halides is 2. The van der Waals surface area contributed by atoms with Gasteiger partial charge in [-0.25, -0.2) is 0 Å². The lowest BCUT2D eigenvalue weighted by Crippen LogP contribution is -2.28. The van der Waals surface area contributed by atoms with E-state index in [1.165, 1.54) is 0 Å². The molecule has 168 valence electrons. The van der Waals surface area contributed by atoms with E-state index < -0.39 is 22.3 Å². The number of hydrogen-bond acceptors (Lipinski definition) is 3. The van der Waals surface area contributed by atoms with Crippen molar-refractivity contribution in [3.8, 4) is 0 Å². The van der Waals surface area contributed by atoms with Crippen LogP contribution in [0.2, 0.25) is 10.0 Å². The van der Waals surface area contributed by atoms with Crippen LogP contribution in [0.25, 0.3) is 21.5 Å². The second-order valence-electron chi connectivity index (χ2n) is 8.41. The minimum Gasteiger partial charge on any atom is -0.357 e. The molecule has 4 atom stereocenters. The Balaban J connectivity index is 1.50. The third kappa shape index (κ3) is 3.81. The Morgan fingerprint density at radius 3 is 1.33 bits per heavy atom. The van der Waals surface area contributed by atoms with Crippen molar-refractivity contribution in [3.63, 3.8) is 0 Å². The lowest BCUT2D eigenvalue weighted by molar-refractivity contribution is -0.0567. The van der Waals surface area contributed by atoms with Crippen LogP contribution >= 0.6 is 46.4 Å². The number of ether oxygens (including phenoxy) is 3. The molecule has 7 heteroatoms. The minimum atomic E-state index is -1.00. The third-order valence-electron chi connectivity index (χ3n) is 6.27. The van der Waals surface area contributed by atoms with Gasteiger partial charge in [0.25, 0.3) is 0 Å². The smallest absolute Gasteiger partial charge is 0.195 e. The van der Waals surface area contributed by atoms with Gasteiger partial charge in [-0.2, -0.15) is 0 Å². The Kier molecular flexibility index (Phi) is 5.32. The maximum atomic E-state index is 6.85. The number of epoxide rings is 2. The molecule has 0 radical (unpaired) electrons. The van der Waals surface area contributed by atoms with Crippen LogP contribution in [0, 0.1) is 0 Å². The summed E-state index contributed by atoms with van der Waals surface area (Å²) in [6.07, 6.45) is -1.22. The number of fused-ring (bicyclic) bond motifs is 2.